The van der Waals surface area contributed by atoms with Crippen LogP contribution in [0.3, 0.4) is 0 Å². The minimum absolute atomic E-state index is 0.0428. The van der Waals surface area contributed by atoms with E-state index in [-0.39, 0.29) is 6.04 Å². The number of hydrogen-bond donors (Lipinski definition) is 0. The molecule has 4 rings (SSSR count). The molecule has 1 unspecified atom stereocenters. The van der Waals surface area contributed by atoms with E-state index >= 15 is 0 Å². The first-order valence-corrected chi connectivity index (χ1v) is 8.94. The van der Waals surface area contributed by atoms with Gasteiger partial charge in [0.2, 0.25) is 5.95 Å². The Bertz CT molecular complexity index is 966. The molecule has 0 aliphatic carbocycles. The molecule has 0 saturated carbocycles. The van der Waals surface area contributed by atoms with E-state index in [0.717, 1.165) is 21.3 Å². The molecule has 1 aliphatic rings. The largest absolute Gasteiger partial charge is 0.493 e. The Labute approximate surface area is 159 Å². The molecule has 0 bridgehead atoms. The van der Waals surface area contributed by atoms with Crippen LogP contribution >= 0.6 is 15.9 Å². The molecule has 1 aromatic heterocycles. The van der Waals surface area contributed by atoms with E-state index in [1.165, 1.54) is 0 Å². The first-order valence-electron chi connectivity index (χ1n) is 8.14. The normalized spacial score (nSPS) is 16.0. The van der Waals surface area contributed by atoms with Crippen molar-refractivity contribution in [2.24, 2.45) is 4.99 Å². The van der Waals surface area contributed by atoms with E-state index in [0.29, 0.717) is 23.9 Å². The fourth-order valence-corrected chi connectivity index (χ4v) is 3.39. The summed E-state index contributed by atoms with van der Waals surface area (Å²) in [4.78, 5) is 9.00. The molecule has 3 aromatic rings. The molecule has 2 aromatic carbocycles. The summed E-state index contributed by atoms with van der Waals surface area (Å²) in [5, 5.41) is 4.37. The number of nitrogens with zero attached hydrogens (tertiary/aromatic N) is 4. The molecule has 1 atom stereocenters. The number of aliphatic imine (C=N–C) groups is 1. The summed E-state index contributed by atoms with van der Waals surface area (Å²) in [5.41, 5.74) is 3.09. The highest BCUT2D eigenvalue weighted by molar-refractivity contribution is 9.10. The van der Waals surface area contributed by atoms with Crippen LogP contribution < -0.4 is 9.47 Å². The third-order valence-corrected chi connectivity index (χ3v) is 4.97. The summed E-state index contributed by atoms with van der Waals surface area (Å²) in [5.74, 6) is 1.98. The van der Waals surface area contributed by atoms with E-state index in [1.807, 2.05) is 35.0 Å². The quantitative estimate of drug-likeness (QED) is 0.644. The van der Waals surface area contributed by atoms with Crippen LogP contribution in [0.1, 0.15) is 23.6 Å². The van der Waals surface area contributed by atoms with Crippen molar-refractivity contribution in [1.82, 2.24) is 14.8 Å². The van der Waals surface area contributed by atoms with Crippen LogP contribution in [0.2, 0.25) is 0 Å². The number of methoxy groups -OCH3 is 2. The predicted octanol–water partition coefficient (Wildman–Crippen LogP) is 4.17. The number of benzene rings is 2. The van der Waals surface area contributed by atoms with Crippen molar-refractivity contribution in [2.75, 3.05) is 14.2 Å². The van der Waals surface area contributed by atoms with E-state index in [9.17, 15) is 0 Å². The minimum Gasteiger partial charge on any atom is -0.493 e. The Kier molecular flexibility index (Phi) is 4.46. The van der Waals surface area contributed by atoms with Gasteiger partial charge in [0.25, 0.3) is 0 Å². The zero-order chi connectivity index (χ0) is 18.1. The molecular formula is C19H17BrN4O2. The van der Waals surface area contributed by atoms with Gasteiger partial charge in [0.05, 0.1) is 26.0 Å². The molecule has 132 valence electrons. The lowest BCUT2D eigenvalue weighted by Gasteiger charge is -2.24. The van der Waals surface area contributed by atoms with Crippen LogP contribution in [0.15, 0.2) is 58.3 Å². The third kappa shape index (κ3) is 2.99. The Hall–Kier alpha value is -2.67. The van der Waals surface area contributed by atoms with Crippen molar-refractivity contribution >= 4 is 27.6 Å². The van der Waals surface area contributed by atoms with Gasteiger partial charge in [-0.25, -0.2) is 9.67 Å². The average Bonchev–Trinajstić information content (AvgIpc) is 3.16. The van der Waals surface area contributed by atoms with E-state index in [1.54, 1.807) is 20.5 Å². The highest BCUT2D eigenvalue weighted by Gasteiger charge is 2.26. The van der Waals surface area contributed by atoms with Crippen molar-refractivity contribution in [3.05, 3.63) is 64.4 Å². The predicted molar refractivity (Wildman–Crippen MR) is 103 cm³/mol. The fourth-order valence-electron chi connectivity index (χ4n) is 3.12. The second-order valence-corrected chi connectivity index (χ2v) is 6.82. The molecule has 26 heavy (non-hydrogen) atoms. The van der Waals surface area contributed by atoms with Gasteiger partial charge in [-0.1, -0.05) is 28.1 Å². The minimum atomic E-state index is 0.0428. The zero-order valence-electron chi connectivity index (χ0n) is 14.4. The summed E-state index contributed by atoms with van der Waals surface area (Å²) in [6.45, 7) is 0. The van der Waals surface area contributed by atoms with Crippen LogP contribution in [0, 0.1) is 0 Å². The van der Waals surface area contributed by atoms with Crippen molar-refractivity contribution < 1.29 is 9.47 Å². The van der Waals surface area contributed by atoms with Gasteiger partial charge in [0, 0.05) is 16.5 Å². The summed E-state index contributed by atoms with van der Waals surface area (Å²) < 4.78 is 13.7. The SMILES string of the molecule is COc1ccc(C2=Nc3ncnn3C(c3ccc(Br)cc3)C2)cc1OC. The highest BCUT2D eigenvalue weighted by Crippen LogP contribution is 2.35. The fraction of sp³-hybridized carbons (Fsp3) is 0.211. The topological polar surface area (TPSA) is 61.5 Å². The number of halogens is 1. The Morgan fingerprint density at radius 1 is 1.04 bits per heavy atom. The van der Waals surface area contributed by atoms with Crippen LogP contribution in [-0.4, -0.2) is 34.7 Å². The molecule has 0 spiro atoms. The first kappa shape index (κ1) is 16.8. The maximum absolute atomic E-state index is 5.43. The maximum atomic E-state index is 5.43. The highest BCUT2D eigenvalue weighted by atomic mass is 79.9. The summed E-state index contributed by atoms with van der Waals surface area (Å²) >= 11 is 3.49. The number of ether oxygens (including phenoxy) is 2. The monoisotopic (exact) mass is 412 g/mol. The van der Waals surface area contributed by atoms with Crippen LogP contribution in [0.25, 0.3) is 0 Å². The van der Waals surface area contributed by atoms with Crippen molar-refractivity contribution in [3.63, 3.8) is 0 Å². The lowest BCUT2D eigenvalue weighted by Crippen LogP contribution is -2.21. The smallest absolute Gasteiger partial charge is 0.248 e. The number of fused-ring (bicyclic) bond motifs is 1. The Morgan fingerprint density at radius 3 is 2.54 bits per heavy atom. The van der Waals surface area contributed by atoms with Gasteiger partial charge in [0.15, 0.2) is 11.5 Å². The standard InChI is InChI=1S/C19H17BrN4O2/c1-25-17-8-5-13(9-18(17)26-2)15-10-16(12-3-6-14(20)7-4-12)24-19(23-15)21-11-22-24/h3-9,11,16H,10H2,1-2H3. The summed E-state index contributed by atoms with van der Waals surface area (Å²) in [7, 11) is 3.26. The van der Waals surface area contributed by atoms with Gasteiger partial charge in [-0.3, -0.25) is 0 Å². The molecule has 0 saturated heterocycles. The van der Waals surface area contributed by atoms with Gasteiger partial charge >= 0.3 is 0 Å². The molecule has 0 amide bonds. The second kappa shape index (κ2) is 6.92. The van der Waals surface area contributed by atoms with Gasteiger partial charge in [-0.15, -0.1) is 0 Å². The molecule has 2 heterocycles. The lowest BCUT2D eigenvalue weighted by molar-refractivity contribution is 0.355. The van der Waals surface area contributed by atoms with E-state index in [4.69, 9.17) is 14.5 Å². The van der Waals surface area contributed by atoms with E-state index < -0.39 is 0 Å². The molecular weight excluding hydrogens is 396 g/mol. The number of aromatic nitrogens is 3. The van der Waals surface area contributed by atoms with Crippen LogP contribution in [-0.2, 0) is 0 Å². The molecule has 6 nitrogen and oxygen atoms in total. The Balaban J connectivity index is 1.76. The average molecular weight is 413 g/mol. The van der Waals surface area contributed by atoms with Crippen LogP contribution in [0.5, 0.6) is 11.5 Å². The zero-order valence-corrected chi connectivity index (χ0v) is 16.0. The van der Waals surface area contributed by atoms with Crippen molar-refractivity contribution in [3.8, 4) is 11.5 Å². The van der Waals surface area contributed by atoms with Gasteiger partial charge in [0.1, 0.15) is 6.33 Å². The Morgan fingerprint density at radius 2 is 1.81 bits per heavy atom. The van der Waals surface area contributed by atoms with Gasteiger partial charge < -0.3 is 9.47 Å². The molecule has 0 radical (unpaired) electrons. The molecule has 7 heteroatoms. The molecule has 1 aliphatic heterocycles. The number of rotatable bonds is 4. The molecule has 0 N–H and O–H groups in total. The first-order chi connectivity index (χ1) is 12.7. The van der Waals surface area contributed by atoms with Crippen molar-refractivity contribution in [2.45, 2.75) is 12.5 Å². The van der Waals surface area contributed by atoms with Crippen molar-refractivity contribution in [1.29, 1.82) is 0 Å². The summed E-state index contributed by atoms with van der Waals surface area (Å²) in [6.07, 6.45) is 2.26. The summed E-state index contributed by atoms with van der Waals surface area (Å²) in [6, 6.07) is 14.1. The maximum Gasteiger partial charge on any atom is 0.248 e. The van der Waals surface area contributed by atoms with Gasteiger partial charge in [-0.2, -0.15) is 10.1 Å². The number of hydrogen-bond acceptors (Lipinski definition) is 5. The second-order valence-electron chi connectivity index (χ2n) is 5.90. The van der Waals surface area contributed by atoms with E-state index in [2.05, 4.69) is 38.1 Å². The molecule has 0 fully saturated rings. The van der Waals surface area contributed by atoms with Crippen LogP contribution in [0.4, 0.5) is 5.95 Å². The lowest BCUT2D eigenvalue weighted by atomic mass is 9.96. The third-order valence-electron chi connectivity index (χ3n) is 4.44. The van der Waals surface area contributed by atoms with Gasteiger partial charge in [-0.05, 0) is 35.9 Å².